The lowest BCUT2D eigenvalue weighted by atomic mass is 10.1. The third-order valence-electron chi connectivity index (χ3n) is 5.58. The Bertz CT molecular complexity index is 1450. The number of fused-ring (bicyclic) bond motifs is 1. The first-order valence-corrected chi connectivity index (χ1v) is 11.0. The minimum absolute atomic E-state index is 0.348. The summed E-state index contributed by atoms with van der Waals surface area (Å²) < 4.78 is 63.8. The molecule has 37 heavy (non-hydrogen) atoms. The van der Waals surface area contributed by atoms with Crippen LogP contribution in [-0.4, -0.2) is 52.0 Å². The number of nitrogens with zero attached hydrogens (tertiary/aromatic N) is 3. The van der Waals surface area contributed by atoms with Crippen molar-refractivity contribution < 1.29 is 36.9 Å². The Kier molecular flexibility index (Phi) is 7.18. The number of halogens is 4. The van der Waals surface area contributed by atoms with Crippen molar-refractivity contribution in [2.75, 3.05) is 25.6 Å². The van der Waals surface area contributed by atoms with Crippen LogP contribution in [0.25, 0.3) is 22.2 Å². The van der Waals surface area contributed by atoms with Crippen LogP contribution in [-0.2, 0) is 6.54 Å². The number of hydrogen-bond donors (Lipinski definition) is 2. The van der Waals surface area contributed by atoms with Gasteiger partial charge in [-0.2, -0.15) is 13.2 Å². The van der Waals surface area contributed by atoms with Crippen LogP contribution in [0.15, 0.2) is 48.8 Å². The molecule has 0 aliphatic heterocycles. The lowest BCUT2D eigenvalue weighted by Gasteiger charge is -2.13. The van der Waals surface area contributed by atoms with Crippen molar-refractivity contribution in [2.24, 2.45) is 0 Å². The highest BCUT2D eigenvalue weighted by Gasteiger charge is 2.29. The lowest BCUT2D eigenvalue weighted by molar-refractivity contribution is -0.153. The van der Waals surface area contributed by atoms with E-state index in [1.807, 2.05) is 17.6 Å². The van der Waals surface area contributed by atoms with Gasteiger partial charge in [0.1, 0.15) is 35.0 Å². The normalized spacial score (nSPS) is 11.5. The van der Waals surface area contributed by atoms with E-state index < -0.39 is 35.9 Å². The van der Waals surface area contributed by atoms with Gasteiger partial charge >= 0.3 is 12.1 Å². The van der Waals surface area contributed by atoms with Gasteiger partial charge in [-0.05, 0) is 31.2 Å². The molecule has 2 aromatic heterocycles. The molecule has 0 aliphatic carbocycles. The first kappa shape index (κ1) is 25.7. The van der Waals surface area contributed by atoms with E-state index in [0.717, 1.165) is 17.1 Å². The van der Waals surface area contributed by atoms with E-state index in [1.54, 1.807) is 6.07 Å². The van der Waals surface area contributed by atoms with E-state index in [2.05, 4.69) is 15.3 Å². The van der Waals surface area contributed by atoms with Crippen LogP contribution in [0.2, 0.25) is 0 Å². The molecule has 12 heteroatoms. The predicted octanol–water partition coefficient (Wildman–Crippen LogP) is 5.31. The molecule has 0 bridgehead atoms. The minimum atomic E-state index is -4.63. The number of carbonyl (C=O) groups is 1. The highest BCUT2D eigenvalue weighted by Crippen LogP contribution is 2.31. The molecule has 0 saturated heterocycles. The Labute approximate surface area is 208 Å². The van der Waals surface area contributed by atoms with Gasteiger partial charge in [0.05, 0.1) is 18.3 Å². The van der Waals surface area contributed by atoms with Gasteiger partial charge in [0.25, 0.3) is 0 Å². The molecule has 2 heterocycles. The number of aromatic carboxylic acids is 1. The molecule has 4 rings (SSSR count). The Balaban J connectivity index is 1.52. The summed E-state index contributed by atoms with van der Waals surface area (Å²) in [6.07, 6.45) is -3.35. The Morgan fingerprint density at radius 2 is 1.89 bits per heavy atom. The number of alkyl halides is 3. The fourth-order valence-corrected chi connectivity index (χ4v) is 3.94. The minimum Gasteiger partial charge on any atom is -0.496 e. The van der Waals surface area contributed by atoms with Crippen molar-refractivity contribution in [3.63, 3.8) is 0 Å². The summed E-state index contributed by atoms with van der Waals surface area (Å²) in [5, 5.41) is 13.2. The number of nitrogens with one attached hydrogen (secondary N) is 1. The van der Waals surface area contributed by atoms with Gasteiger partial charge in [-0.3, -0.25) is 0 Å². The number of methoxy groups -OCH3 is 1. The predicted molar refractivity (Wildman–Crippen MR) is 128 cm³/mol. The van der Waals surface area contributed by atoms with Gasteiger partial charge in [0.15, 0.2) is 6.61 Å². The summed E-state index contributed by atoms with van der Waals surface area (Å²) in [4.78, 5) is 19.7. The van der Waals surface area contributed by atoms with E-state index in [-0.39, 0.29) is 0 Å². The molecule has 0 atom stereocenters. The van der Waals surface area contributed by atoms with Crippen LogP contribution >= 0.6 is 0 Å². The Morgan fingerprint density at radius 3 is 2.59 bits per heavy atom. The van der Waals surface area contributed by atoms with Gasteiger partial charge in [-0.15, -0.1) is 0 Å². The maximum absolute atomic E-state index is 14.0. The highest BCUT2D eigenvalue weighted by molar-refractivity contribution is 5.92. The summed E-state index contributed by atoms with van der Waals surface area (Å²) >= 11 is 0. The zero-order valence-corrected chi connectivity index (χ0v) is 19.8. The number of anilines is 1. The van der Waals surface area contributed by atoms with E-state index in [0.29, 0.717) is 41.4 Å². The second-order valence-corrected chi connectivity index (χ2v) is 8.11. The molecule has 8 nitrogen and oxygen atoms in total. The lowest BCUT2D eigenvalue weighted by Crippen LogP contribution is -2.20. The van der Waals surface area contributed by atoms with Crippen LogP contribution in [0.1, 0.15) is 16.1 Å². The van der Waals surface area contributed by atoms with Crippen molar-refractivity contribution in [1.29, 1.82) is 0 Å². The zero-order chi connectivity index (χ0) is 26.7. The quantitative estimate of drug-likeness (QED) is 0.290. The van der Waals surface area contributed by atoms with Crippen LogP contribution in [0.5, 0.6) is 11.5 Å². The molecule has 0 amide bonds. The van der Waals surface area contributed by atoms with Crippen molar-refractivity contribution in [3.8, 4) is 22.8 Å². The number of carboxylic acids is 1. The van der Waals surface area contributed by atoms with Gasteiger partial charge in [0, 0.05) is 41.9 Å². The Hall–Kier alpha value is -4.35. The highest BCUT2D eigenvalue weighted by atomic mass is 19.4. The number of carboxylic acid groups (broad SMARTS) is 1. The number of rotatable bonds is 9. The topological polar surface area (TPSA) is 98.5 Å². The molecule has 194 valence electrons. The van der Waals surface area contributed by atoms with Crippen LogP contribution < -0.4 is 14.8 Å². The molecular formula is C25H22F4N4O4. The van der Waals surface area contributed by atoms with Gasteiger partial charge < -0.3 is 24.5 Å². The summed E-state index contributed by atoms with van der Waals surface area (Å²) in [5.41, 5.74) is 1.89. The van der Waals surface area contributed by atoms with Crippen molar-refractivity contribution in [3.05, 3.63) is 65.9 Å². The van der Waals surface area contributed by atoms with Crippen LogP contribution in [0, 0.1) is 12.7 Å². The number of aromatic nitrogens is 3. The molecule has 0 aliphatic rings. The molecule has 0 saturated carbocycles. The summed E-state index contributed by atoms with van der Waals surface area (Å²) in [6, 6.07) is 10.0. The summed E-state index contributed by atoms with van der Waals surface area (Å²) in [6.45, 7) is 1.16. The molecule has 2 aromatic carbocycles. The fourth-order valence-electron chi connectivity index (χ4n) is 3.94. The standard InChI is InChI=1S/C25H22F4N4O4/c1-14-7-18-20(9-16(26)10-21(18)36-2)33(14)6-5-30-23-11-19(31-13-32-23)15-3-4-17(24(34)35)22(8-15)37-12-25(27,28)29/h3-4,7-11,13H,5-6,12H2,1-2H3,(H,34,35)(H,30,31,32). The smallest absolute Gasteiger partial charge is 0.422 e. The average molecular weight is 518 g/mol. The van der Waals surface area contributed by atoms with E-state index in [9.17, 15) is 27.5 Å². The second-order valence-electron chi connectivity index (χ2n) is 8.11. The number of benzene rings is 2. The van der Waals surface area contributed by atoms with Crippen molar-refractivity contribution in [1.82, 2.24) is 14.5 Å². The van der Waals surface area contributed by atoms with Crippen LogP contribution in [0.3, 0.4) is 0 Å². The SMILES string of the molecule is COc1cc(F)cc2c1cc(C)n2CCNc1cc(-c2ccc(C(=O)O)c(OCC(F)(F)F)c2)ncn1. The summed E-state index contributed by atoms with van der Waals surface area (Å²) in [5.74, 6) is -1.38. The molecule has 0 unspecified atom stereocenters. The first-order chi connectivity index (χ1) is 17.6. The Morgan fingerprint density at radius 1 is 1.11 bits per heavy atom. The third-order valence-corrected chi connectivity index (χ3v) is 5.58. The number of hydrogen-bond acceptors (Lipinski definition) is 6. The van der Waals surface area contributed by atoms with E-state index in [1.165, 1.54) is 37.7 Å². The third kappa shape index (κ3) is 5.90. The van der Waals surface area contributed by atoms with Gasteiger partial charge in [-0.1, -0.05) is 6.07 Å². The van der Waals surface area contributed by atoms with Gasteiger partial charge in [0.2, 0.25) is 0 Å². The molecule has 4 aromatic rings. The molecular weight excluding hydrogens is 496 g/mol. The molecule has 0 fully saturated rings. The second kappa shape index (κ2) is 10.3. The van der Waals surface area contributed by atoms with E-state index >= 15 is 0 Å². The number of aryl methyl sites for hydroxylation is 1. The maximum atomic E-state index is 14.0. The average Bonchev–Trinajstić information content (AvgIpc) is 3.16. The number of ether oxygens (including phenoxy) is 2. The molecule has 2 N–H and O–H groups in total. The zero-order valence-electron chi connectivity index (χ0n) is 19.8. The monoisotopic (exact) mass is 518 g/mol. The van der Waals surface area contributed by atoms with Crippen molar-refractivity contribution >= 4 is 22.7 Å². The molecule has 0 spiro atoms. The summed E-state index contributed by atoms with van der Waals surface area (Å²) in [7, 11) is 1.48. The fraction of sp³-hybridized carbons (Fsp3) is 0.240. The van der Waals surface area contributed by atoms with E-state index in [4.69, 9.17) is 9.47 Å². The largest absolute Gasteiger partial charge is 0.496 e. The maximum Gasteiger partial charge on any atom is 0.422 e. The van der Waals surface area contributed by atoms with Crippen LogP contribution in [0.4, 0.5) is 23.4 Å². The molecule has 0 radical (unpaired) electrons. The first-order valence-electron chi connectivity index (χ1n) is 11.0. The van der Waals surface area contributed by atoms with Crippen molar-refractivity contribution in [2.45, 2.75) is 19.6 Å². The van der Waals surface area contributed by atoms with Gasteiger partial charge in [-0.25, -0.2) is 19.2 Å².